The minimum atomic E-state index is -3.69. The van der Waals surface area contributed by atoms with Crippen LogP contribution in [0.4, 0.5) is 5.69 Å². The summed E-state index contributed by atoms with van der Waals surface area (Å²) in [5, 5.41) is 6.73. The lowest BCUT2D eigenvalue weighted by atomic mass is 10.2. The van der Waals surface area contributed by atoms with Crippen LogP contribution in [0.15, 0.2) is 57.9 Å². The van der Waals surface area contributed by atoms with E-state index in [4.69, 9.17) is 4.52 Å². The molecule has 1 unspecified atom stereocenters. The van der Waals surface area contributed by atoms with E-state index in [0.29, 0.717) is 49.1 Å². The van der Waals surface area contributed by atoms with E-state index in [9.17, 15) is 13.2 Å². The zero-order valence-electron chi connectivity index (χ0n) is 18.9. The van der Waals surface area contributed by atoms with Crippen LogP contribution in [-0.2, 0) is 14.8 Å². The molecule has 0 spiro atoms. The van der Waals surface area contributed by atoms with Gasteiger partial charge in [0.15, 0.2) is 0 Å². The fraction of sp³-hybridized carbons (Fsp3) is 0.348. The Hall–Kier alpha value is -3.08. The van der Waals surface area contributed by atoms with Gasteiger partial charge < -0.3 is 9.84 Å². The molecule has 10 heteroatoms. The van der Waals surface area contributed by atoms with E-state index in [1.165, 1.54) is 17.3 Å². The first-order chi connectivity index (χ1) is 15.8. The van der Waals surface area contributed by atoms with E-state index in [0.717, 1.165) is 5.56 Å². The van der Waals surface area contributed by atoms with Crippen molar-refractivity contribution in [2.24, 2.45) is 0 Å². The van der Waals surface area contributed by atoms with E-state index >= 15 is 0 Å². The smallest absolute Gasteiger partial charge is 0.244 e. The molecule has 0 aliphatic carbocycles. The normalized spacial score (nSPS) is 16.5. The minimum Gasteiger partial charge on any atom is -0.337 e. The van der Waals surface area contributed by atoms with Gasteiger partial charge in [0.2, 0.25) is 27.6 Å². The summed E-state index contributed by atoms with van der Waals surface area (Å²) in [5.41, 5.74) is 1.98. The number of aromatic nitrogens is 2. The second kappa shape index (κ2) is 9.42. The number of piperazine rings is 1. The molecule has 9 nitrogen and oxygen atoms in total. The van der Waals surface area contributed by atoms with Gasteiger partial charge in [-0.15, -0.1) is 0 Å². The Morgan fingerprint density at radius 3 is 2.45 bits per heavy atom. The van der Waals surface area contributed by atoms with Crippen molar-refractivity contribution in [1.82, 2.24) is 19.3 Å². The first kappa shape index (κ1) is 23.1. The summed E-state index contributed by atoms with van der Waals surface area (Å²) in [5.74, 6) is 0.790. The number of rotatable bonds is 6. The molecule has 1 fully saturated rings. The van der Waals surface area contributed by atoms with Gasteiger partial charge in [0.1, 0.15) is 0 Å². The van der Waals surface area contributed by atoms with Crippen molar-refractivity contribution in [3.05, 3.63) is 60.0 Å². The summed E-state index contributed by atoms with van der Waals surface area (Å²) in [6.07, 6.45) is 0. The number of anilines is 1. The maximum absolute atomic E-state index is 13.3. The van der Waals surface area contributed by atoms with Gasteiger partial charge in [-0.2, -0.15) is 9.29 Å². The molecule has 1 aliphatic heterocycles. The Morgan fingerprint density at radius 2 is 1.79 bits per heavy atom. The van der Waals surface area contributed by atoms with Crippen LogP contribution in [0, 0.1) is 6.92 Å². The van der Waals surface area contributed by atoms with Crippen molar-refractivity contribution in [2.45, 2.75) is 31.7 Å². The van der Waals surface area contributed by atoms with Crippen molar-refractivity contribution in [1.29, 1.82) is 0 Å². The highest BCUT2D eigenvalue weighted by Crippen LogP contribution is 2.27. The largest absolute Gasteiger partial charge is 0.337 e. The van der Waals surface area contributed by atoms with Crippen LogP contribution < -0.4 is 5.32 Å². The zero-order chi connectivity index (χ0) is 23.6. The number of amides is 1. The average Bonchev–Trinajstić information content (AvgIpc) is 3.30. The number of sulfonamides is 1. The van der Waals surface area contributed by atoms with Gasteiger partial charge in [0.25, 0.3) is 0 Å². The maximum atomic E-state index is 13.3. The van der Waals surface area contributed by atoms with Crippen LogP contribution in [0.25, 0.3) is 11.4 Å². The SMILES string of the molecule is CC(=O)Nc1ccc(C)c(S(=O)(=O)N2CCN(C(C)c3nc(-c4ccccc4)no3)CC2)c1. The third kappa shape index (κ3) is 4.97. The summed E-state index contributed by atoms with van der Waals surface area (Å²) in [6, 6.07) is 14.4. The lowest BCUT2D eigenvalue weighted by Gasteiger charge is -2.36. The molecule has 1 amide bonds. The fourth-order valence-corrected chi connectivity index (χ4v) is 5.57. The molecule has 174 valence electrons. The molecular formula is C23H27N5O4S. The molecule has 1 saturated heterocycles. The number of aryl methyl sites for hydroxylation is 1. The third-order valence-corrected chi connectivity index (χ3v) is 7.82. The lowest BCUT2D eigenvalue weighted by Crippen LogP contribution is -2.49. The molecule has 1 N–H and O–H groups in total. The Labute approximate surface area is 193 Å². The van der Waals surface area contributed by atoms with Crippen LogP contribution in [0.1, 0.15) is 31.3 Å². The predicted octanol–water partition coefficient (Wildman–Crippen LogP) is 3.07. The summed E-state index contributed by atoms with van der Waals surface area (Å²) >= 11 is 0. The molecule has 0 radical (unpaired) electrons. The monoisotopic (exact) mass is 469 g/mol. The van der Waals surface area contributed by atoms with E-state index in [1.807, 2.05) is 37.3 Å². The van der Waals surface area contributed by atoms with Gasteiger partial charge in [-0.05, 0) is 31.5 Å². The summed E-state index contributed by atoms with van der Waals surface area (Å²) in [4.78, 5) is 18.2. The number of nitrogens with one attached hydrogen (secondary N) is 1. The van der Waals surface area contributed by atoms with Gasteiger partial charge in [-0.25, -0.2) is 8.42 Å². The second-order valence-electron chi connectivity index (χ2n) is 8.10. The van der Waals surface area contributed by atoms with Crippen molar-refractivity contribution in [2.75, 3.05) is 31.5 Å². The van der Waals surface area contributed by atoms with Gasteiger partial charge >= 0.3 is 0 Å². The van der Waals surface area contributed by atoms with E-state index in [1.54, 1.807) is 19.1 Å². The number of carbonyl (C=O) groups is 1. The highest BCUT2D eigenvalue weighted by Gasteiger charge is 2.32. The third-order valence-electron chi connectivity index (χ3n) is 5.78. The van der Waals surface area contributed by atoms with Crippen LogP contribution in [0.3, 0.4) is 0 Å². The molecule has 0 bridgehead atoms. The van der Waals surface area contributed by atoms with Crippen LogP contribution >= 0.6 is 0 Å². The van der Waals surface area contributed by atoms with Gasteiger partial charge in [-0.1, -0.05) is 41.6 Å². The standard InChI is InChI=1S/C23H27N5O4S/c1-16-9-10-20(24-18(3)29)15-21(16)33(30,31)28-13-11-27(12-14-28)17(2)23-25-22(26-32-23)19-7-5-4-6-8-19/h4-10,15,17H,11-14H2,1-3H3,(H,24,29). The number of carbonyl (C=O) groups excluding carboxylic acids is 1. The van der Waals surface area contributed by atoms with Crippen molar-refractivity contribution in [3.63, 3.8) is 0 Å². The fourth-order valence-electron chi connectivity index (χ4n) is 3.89. The minimum absolute atomic E-state index is 0.135. The molecular weight excluding hydrogens is 442 g/mol. The molecule has 0 saturated carbocycles. The topological polar surface area (TPSA) is 109 Å². The number of benzene rings is 2. The Kier molecular flexibility index (Phi) is 6.59. The van der Waals surface area contributed by atoms with Gasteiger partial charge in [0.05, 0.1) is 10.9 Å². The van der Waals surface area contributed by atoms with E-state index in [2.05, 4.69) is 20.4 Å². The lowest BCUT2D eigenvalue weighted by molar-refractivity contribution is -0.114. The first-order valence-electron chi connectivity index (χ1n) is 10.8. The zero-order valence-corrected chi connectivity index (χ0v) is 19.7. The van der Waals surface area contributed by atoms with Crippen LogP contribution in [-0.4, -0.2) is 59.8 Å². The molecule has 1 aromatic heterocycles. The first-order valence-corrected chi connectivity index (χ1v) is 12.2. The van der Waals surface area contributed by atoms with Gasteiger partial charge in [0, 0.05) is 44.4 Å². The molecule has 1 aliphatic rings. The quantitative estimate of drug-likeness (QED) is 0.591. The molecule has 2 aromatic carbocycles. The second-order valence-corrected chi connectivity index (χ2v) is 10.0. The summed E-state index contributed by atoms with van der Waals surface area (Å²) in [7, 11) is -3.69. The Morgan fingerprint density at radius 1 is 1.09 bits per heavy atom. The van der Waals surface area contributed by atoms with Crippen molar-refractivity contribution < 1.29 is 17.7 Å². The average molecular weight is 470 g/mol. The van der Waals surface area contributed by atoms with Crippen LogP contribution in [0.5, 0.6) is 0 Å². The highest BCUT2D eigenvalue weighted by atomic mass is 32.2. The van der Waals surface area contributed by atoms with E-state index < -0.39 is 10.0 Å². The highest BCUT2D eigenvalue weighted by molar-refractivity contribution is 7.89. The Bertz CT molecular complexity index is 1230. The molecule has 4 rings (SSSR count). The number of nitrogens with zero attached hydrogens (tertiary/aromatic N) is 4. The van der Waals surface area contributed by atoms with Gasteiger partial charge in [-0.3, -0.25) is 9.69 Å². The van der Waals surface area contributed by atoms with E-state index in [-0.39, 0.29) is 16.8 Å². The maximum Gasteiger partial charge on any atom is 0.244 e. The summed E-state index contributed by atoms with van der Waals surface area (Å²) < 4.78 is 33.6. The summed E-state index contributed by atoms with van der Waals surface area (Å²) in [6.45, 7) is 6.88. The molecule has 33 heavy (non-hydrogen) atoms. The predicted molar refractivity (Wildman–Crippen MR) is 124 cm³/mol. The van der Waals surface area contributed by atoms with Crippen LogP contribution in [0.2, 0.25) is 0 Å². The Balaban J connectivity index is 1.44. The molecule has 1 atom stereocenters. The number of hydrogen-bond donors (Lipinski definition) is 1. The van der Waals surface area contributed by atoms with Crippen molar-refractivity contribution >= 4 is 21.6 Å². The van der Waals surface area contributed by atoms with Crippen molar-refractivity contribution in [3.8, 4) is 11.4 Å². The number of hydrogen-bond acceptors (Lipinski definition) is 7. The molecule has 3 aromatic rings. The molecule has 2 heterocycles.